The second kappa shape index (κ2) is 10.7. The molecular weight excluding hydrogens is 304 g/mol. The van der Waals surface area contributed by atoms with Crippen LogP contribution in [0, 0.1) is 5.92 Å². The Morgan fingerprint density at radius 3 is 2.53 bits per heavy atom. The van der Waals surface area contributed by atoms with Crippen molar-refractivity contribution in [1.29, 1.82) is 0 Å². The highest BCUT2D eigenvalue weighted by Crippen LogP contribution is 2.36. The SMILES string of the molecule is CCCCCCC(OC(=O)CCCCCBr)C1CC1. The van der Waals surface area contributed by atoms with Crippen LogP contribution in [0.2, 0.25) is 0 Å². The summed E-state index contributed by atoms with van der Waals surface area (Å²) in [6, 6.07) is 0. The molecule has 3 heteroatoms. The molecule has 1 atom stereocenters. The molecule has 0 spiro atoms. The molecule has 0 aromatic rings. The minimum absolute atomic E-state index is 0.0296. The van der Waals surface area contributed by atoms with E-state index < -0.39 is 0 Å². The molecule has 0 aromatic heterocycles. The lowest BCUT2D eigenvalue weighted by Crippen LogP contribution is -2.20. The Labute approximate surface area is 126 Å². The van der Waals surface area contributed by atoms with Crippen molar-refractivity contribution in [3.05, 3.63) is 0 Å². The number of carbonyl (C=O) groups excluding carboxylic acids is 1. The predicted molar refractivity (Wildman–Crippen MR) is 83.6 cm³/mol. The Balaban J connectivity index is 2.11. The fourth-order valence-corrected chi connectivity index (χ4v) is 2.80. The van der Waals surface area contributed by atoms with Gasteiger partial charge in [0.05, 0.1) is 0 Å². The fraction of sp³-hybridized carbons (Fsp3) is 0.938. The Morgan fingerprint density at radius 2 is 1.89 bits per heavy atom. The maximum atomic E-state index is 11.8. The second-order valence-corrected chi connectivity index (χ2v) is 6.51. The van der Waals surface area contributed by atoms with Crippen molar-refractivity contribution in [2.75, 3.05) is 5.33 Å². The number of alkyl halides is 1. The lowest BCUT2D eigenvalue weighted by molar-refractivity contribution is -0.150. The van der Waals surface area contributed by atoms with E-state index in [9.17, 15) is 4.79 Å². The summed E-state index contributed by atoms with van der Waals surface area (Å²) in [4.78, 5) is 11.8. The van der Waals surface area contributed by atoms with Crippen LogP contribution in [0.5, 0.6) is 0 Å². The highest BCUT2D eigenvalue weighted by molar-refractivity contribution is 9.09. The van der Waals surface area contributed by atoms with Gasteiger partial charge in [-0.3, -0.25) is 4.79 Å². The van der Waals surface area contributed by atoms with Gasteiger partial charge >= 0.3 is 5.97 Å². The van der Waals surface area contributed by atoms with Gasteiger partial charge in [-0.15, -0.1) is 0 Å². The number of halogens is 1. The van der Waals surface area contributed by atoms with Crippen LogP contribution in [-0.4, -0.2) is 17.4 Å². The van der Waals surface area contributed by atoms with Crippen molar-refractivity contribution in [3.63, 3.8) is 0 Å². The third-order valence-corrected chi connectivity index (χ3v) is 4.35. The molecule has 0 bridgehead atoms. The fourth-order valence-electron chi connectivity index (χ4n) is 2.40. The van der Waals surface area contributed by atoms with E-state index in [-0.39, 0.29) is 12.1 Å². The third kappa shape index (κ3) is 8.67. The minimum Gasteiger partial charge on any atom is -0.462 e. The lowest BCUT2D eigenvalue weighted by Gasteiger charge is -2.17. The second-order valence-electron chi connectivity index (χ2n) is 5.71. The summed E-state index contributed by atoms with van der Waals surface area (Å²) in [5, 5.41) is 1.03. The van der Waals surface area contributed by atoms with Gasteiger partial charge in [0, 0.05) is 11.8 Å². The largest absolute Gasteiger partial charge is 0.462 e. The smallest absolute Gasteiger partial charge is 0.306 e. The topological polar surface area (TPSA) is 26.3 Å². The maximum absolute atomic E-state index is 11.8. The van der Waals surface area contributed by atoms with Gasteiger partial charge in [-0.25, -0.2) is 0 Å². The van der Waals surface area contributed by atoms with Crippen molar-refractivity contribution in [3.8, 4) is 0 Å². The summed E-state index contributed by atoms with van der Waals surface area (Å²) in [5.41, 5.74) is 0. The number of ether oxygens (including phenoxy) is 1. The molecule has 0 saturated heterocycles. The Bertz CT molecular complexity index is 239. The van der Waals surface area contributed by atoms with Gasteiger partial charge in [-0.2, -0.15) is 0 Å². The van der Waals surface area contributed by atoms with Gasteiger partial charge in [0.15, 0.2) is 0 Å². The number of rotatable bonds is 12. The average Bonchev–Trinajstić information content (AvgIpc) is 3.23. The molecule has 0 aromatic carbocycles. The monoisotopic (exact) mass is 332 g/mol. The van der Waals surface area contributed by atoms with Gasteiger partial charge < -0.3 is 4.74 Å². The van der Waals surface area contributed by atoms with Crippen LogP contribution >= 0.6 is 15.9 Å². The normalized spacial score (nSPS) is 16.3. The van der Waals surface area contributed by atoms with E-state index in [0.29, 0.717) is 12.3 Å². The molecule has 0 radical (unpaired) electrons. The first kappa shape index (κ1) is 17.0. The van der Waals surface area contributed by atoms with E-state index in [1.54, 1.807) is 0 Å². The van der Waals surface area contributed by atoms with Crippen molar-refractivity contribution in [1.82, 2.24) is 0 Å². The van der Waals surface area contributed by atoms with Crippen LogP contribution in [0.3, 0.4) is 0 Å². The minimum atomic E-state index is 0.0296. The Morgan fingerprint density at radius 1 is 1.16 bits per heavy atom. The molecule has 1 aliphatic carbocycles. The van der Waals surface area contributed by atoms with Crippen LogP contribution in [0.15, 0.2) is 0 Å². The number of hydrogen-bond acceptors (Lipinski definition) is 2. The first-order valence-electron chi connectivity index (χ1n) is 8.03. The van der Waals surface area contributed by atoms with E-state index >= 15 is 0 Å². The van der Waals surface area contributed by atoms with Crippen LogP contribution in [0.1, 0.15) is 77.6 Å². The van der Waals surface area contributed by atoms with Crippen LogP contribution in [0.25, 0.3) is 0 Å². The van der Waals surface area contributed by atoms with Crippen LogP contribution < -0.4 is 0 Å². The van der Waals surface area contributed by atoms with Gasteiger partial charge in [0.25, 0.3) is 0 Å². The first-order chi connectivity index (χ1) is 9.27. The number of hydrogen-bond donors (Lipinski definition) is 0. The van der Waals surface area contributed by atoms with Crippen molar-refractivity contribution < 1.29 is 9.53 Å². The summed E-state index contributed by atoms with van der Waals surface area (Å²) >= 11 is 3.41. The van der Waals surface area contributed by atoms with Crippen molar-refractivity contribution >= 4 is 21.9 Å². The molecule has 1 fully saturated rings. The van der Waals surface area contributed by atoms with Crippen molar-refractivity contribution in [2.24, 2.45) is 5.92 Å². The average molecular weight is 333 g/mol. The van der Waals surface area contributed by atoms with E-state index in [2.05, 4.69) is 22.9 Å². The van der Waals surface area contributed by atoms with Gasteiger partial charge in [-0.05, 0) is 44.4 Å². The molecule has 0 N–H and O–H groups in total. The highest BCUT2D eigenvalue weighted by Gasteiger charge is 2.33. The van der Waals surface area contributed by atoms with E-state index in [1.807, 2.05) is 0 Å². The van der Waals surface area contributed by atoms with Crippen LogP contribution in [0.4, 0.5) is 0 Å². The van der Waals surface area contributed by atoms with E-state index in [4.69, 9.17) is 4.74 Å². The maximum Gasteiger partial charge on any atom is 0.306 e. The zero-order valence-corrected chi connectivity index (χ0v) is 13.9. The summed E-state index contributed by atoms with van der Waals surface area (Å²) in [6.07, 6.45) is 12.7. The molecule has 0 heterocycles. The predicted octanol–water partition coefficient (Wildman–Crippen LogP) is 5.23. The van der Waals surface area contributed by atoms with Gasteiger partial charge in [-0.1, -0.05) is 48.5 Å². The Hall–Kier alpha value is -0.0500. The third-order valence-electron chi connectivity index (χ3n) is 3.79. The van der Waals surface area contributed by atoms with Gasteiger partial charge in [0.2, 0.25) is 0 Å². The highest BCUT2D eigenvalue weighted by atomic mass is 79.9. The van der Waals surface area contributed by atoms with Gasteiger partial charge in [0.1, 0.15) is 6.10 Å². The zero-order valence-electron chi connectivity index (χ0n) is 12.3. The standard InChI is InChI=1S/C16H29BrO2/c1-2-3-4-6-9-15(14-11-12-14)19-16(18)10-7-5-8-13-17/h14-15H,2-13H2,1H3. The molecule has 19 heavy (non-hydrogen) atoms. The quantitative estimate of drug-likeness (QED) is 0.277. The van der Waals surface area contributed by atoms with Crippen molar-refractivity contribution in [2.45, 2.75) is 83.7 Å². The summed E-state index contributed by atoms with van der Waals surface area (Å²) in [5.74, 6) is 0.704. The molecule has 1 saturated carbocycles. The molecule has 1 unspecified atom stereocenters. The molecule has 2 nitrogen and oxygen atoms in total. The number of esters is 1. The van der Waals surface area contributed by atoms with Crippen LogP contribution in [-0.2, 0) is 9.53 Å². The molecule has 0 aliphatic heterocycles. The zero-order chi connectivity index (χ0) is 13.9. The molecular formula is C16H29BrO2. The molecule has 112 valence electrons. The first-order valence-corrected chi connectivity index (χ1v) is 9.15. The summed E-state index contributed by atoms with van der Waals surface area (Å²) in [6.45, 7) is 2.23. The molecule has 1 aliphatic rings. The Kier molecular flexibility index (Phi) is 9.58. The molecule has 1 rings (SSSR count). The molecule has 0 amide bonds. The van der Waals surface area contributed by atoms with E-state index in [1.165, 1.54) is 38.5 Å². The van der Waals surface area contributed by atoms with E-state index in [0.717, 1.165) is 31.0 Å². The lowest BCUT2D eigenvalue weighted by atomic mass is 10.1. The number of unbranched alkanes of at least 4 members (excludes halogenated alkanes) is 5. The summed E-state index contributed by atoms with van der Waals surface area (Å²) < 4.78 is 5.68. The number of carbonyl (C=O) groups is 1. The summed E-state index contributed by atoms with van der Waals surface area (Å²) in [7, 11) is 0.